The smallest absolute Gasteiger partial charge is 0.124 e. The topological polar surface area (TPSA) is 26.0 Å². The van der Waals surface area contributed by atoms with Gasteiger partial charge in [-0.1, -0.05) is 42.1 Å². The van der Waals surface area contributed by atoms with Gasteiger partial charge in [0.15, 0.2) is 0 Å². The highest BCUT2D eigenvalue weighted by Crippen LogP contribution is 2.39. The molecule has 1 aromatic carbocycles. The molecule has 0 saturated heterocycles. The summed E-state index contributed by atoms with van der Waals surface area (Å²) in [6, 6.07) is 5.16. The van der Waals surface area contributed by atoms with Crippen molar-refractivity contribution in [3.63, 3.8) is 0 Å². The van der Waals surface area contributed by atoms with Gasteiger partial charge in [-0.05, 0) is 48.4 Å². The van der Waals surface area contributed by atoms with Gasteiger partial charge in [0, 0.05) is 10.5 Å². The van der Waals surface area contributed by atoms with E-state index in [0.717, 1.165) is 16.5 Å². The first-order valence-electron chi connectivity index (χ1n) is 6.70. The van der Waals surface area contributed by atoms with E-state index in [1.807, 2.05) is 6.07 Å². The summed E-state index contributed by atoms with van der Waals surface area (Å²) < 4.78 is 14.1. The predicted octanol–water partition coefficient (Wildman–Crippen LogP) is 4.43. The van der Waals surface area contributed by atoms with Crippen LogP contribution in [0.5, 0.6) is 0 Å². The van der Waals surface area contributed by atoms with Gasteiger partial charge in [-0.2, -0.15) is 0 Å². The molecule has 0 heterocycles. The Morgan fingerprint density at radius 3 is 2.56 bits per heavy atom. The first kappa shape index (κ1) is 14.0. The van der Waals surface area contributed by atoms with Gasteiger partial charge in [-0.25, -0.2) is 4.39 Å². The summed E-state index contributed by atoms with van der Waals surface area (Å²) in [5.41, 5.74) is 7.58. The third-order valence-electron chi connectivity index (χ3n) is 4.27. The lowest BCUT2D eigenvalue weighted by molar-refractivity contribution is 0.168. The minimum absolute atomic E-state index is 0.117. The van der Waals surface area contributed by atoms with E-state index in [4.69, 9.17) is 5.73 Å². The monoisotopic (exact) mass is 313 g/mol. The highest BCUT2D eigenvalue weighted by Gasteiger charge is 2.33. The first-order chi connectivity index (χ1) is 8.49. The fraction of sp³-hybridized carbons (Fsp3) is 0.600. The molecule has 100 valence electrons. The summed E-state index contributed by atoms with van der Waals surface area (Å²) in [6.45, 7) is 2.28. The summed E-state index contributed by atoms with van der Waals surface area (Å²) in [5.74, 6) is -0.194. The second kappa shape index (κ2) is 5.70. The van der Waals surface area contributed by atoms with E-state index in [9.17, 15) is 4.39 Å². The summed E-state index contributed by atoms with van der Waals surface area (Å²) in [5, 5.41) is 0. The molecule has 2 N–H and O–H groups in total. The number of rotatable bonds is 3. The lowest BCUT2D eigenvalue weighted by atomic mass is 9.69. The molecule has 1 fully saturated rings. The summed E-state index contributed by atoms with van der Waals surface area (Å²) in [7, 11) is 0. The molecule has 2 rings (SSSR count). The molecule has 1 unspecified atom stereocenters. The zero-order valence-corrected chi connectivity index (χ0v) is 12.5. The molecule has 0 spiro atoms. The van der Waals surface area contributed by atoms with Crippen LogP contribution in [0.2, 0.25) is 0 Å². The molecule has 3 heteroatoms. The normalized spacial score (nSPS) is 20.7. The number of nitrogens with two attached hydrogens (primary N) is 1. The average Bonchev–Trinajstić information content (AvgIpc) is 2.28. The highest BCUT2D eigenvalue weighted by atomic mass is 79.9. The predicted molar refractivity (Wildman–Crippen MR) is 77.0 cm³/mol. The number of hydrogen-bond donors (Lipinski definition) is 1. The van der Waals surface area contributed by atoms with Crippen molar-refractivity contribution in [3.05, 3.63) is 34.1 Å². The van der Waals surface area contributed by atoms with Crippen LogP contribution in [0.1, 0.15) is 44.6 Å². The van der Waals surface area contributed by atoms with Crippen molar-refractivity contribution in [1.82, 2.24) is 0 Å². The fourth-order valence-electron chi connectivity index (χ4n) is 2.96. The molecule has 1 atom stereocenters. The van der Waals surface area contributed by atoms with Crippen LogP contribution in [0, 0.1) is 11.2 Å². The molecule has 0 bridgehead atoms. The number of hydrogen-bond acceptors (Lipinski definition) is 1. The van der Waals surface area contributed by atoms with Crippen LogP contribution < -0.4 is 5.73 Å². The zero-order chi connectivity index (χ0) is 13.2. The van der Waals surface area contributed by atoms with E-state index in [1.165, 1.54) is 38.2 Å². The quantitative estimate of drug-likeness (QED) is 0.877. The first-order valence-corrected chi connectivity index (χ1v) is 7.49. The van der Waals surface area contributed by atoms with Crippen LogP contribution in [0.4, 0.5) is 4.39 Å². The van der Waals surface area contributed by atoms with Crippen LogP contribution in [0.3, 0.4) is 0 Å². The van der Waals surface area contributed by atoms with Crippen LogP contribution in [-0.4, -0.2) is 6.04 Å². The SMILES string of the molecule is CC1(C(N)Cc2cc(F)cc(Br)c2)CCCCC1. The van der Waals surface area contributed by atoms with Crippen molar-refractivity contribution in [2.24, 2.45) is 11.1 Å². The fourth-order valence-corrected chi connectivity index (χ4v) is 3.47. The largest absolute Gasteiger partial charge is 0.327 e. The van der Waals surface area contributed by atoms with Gasteiger partial charge in [-0.3, -0.25) is 0 Å². The molecule has 1 aliphatic rings. The highest BCUT2D eigenvalue weighted by molar-refractivity contribution is 9.10. The van der Waals surface area contributed by atoms with Gasteiger partial charge < -0.3 is 5.73 Å². The van der Waals surface area contributed by atoms with Crippen LogP contribution >= 0.6 is 15.9 Å². The van der Waals surface area contributed by atoms with E-state index >= 15 is 0 Å². The Labute approximate surface area is 117 Å². The summed E-state index contributed by atoms with van der Waals surface area (Å²) in [6.07, 6.45) is 7.03. The van der Waals surface area contributed by atoms with Crippen molar-refractivity contribution in [3.8, 4) is 0 Å². The van der Waals surface area contributed by atoms with Gasteiger partial charge in [0.1, 0.15) is 5.82 Å². The van der Waals surface area contributed by atoms with Crippen molar-refractivity contribution in [2.75, 3.05) is 0 Å². The van der Waals surface area contributed by atoms with Crippen LogP contribution in [-0.2, 0) is 6.42 Å². The number of benzene rings is 1. The minimum Gasteiger partial charge on any atom is -0.327 e. The van der Waals surface area contributed by atoms with Crippen molar-refractivity contribution < 1.29 is 4.39 Å². The summed E-state index contributed by atoms with van der Waals surface area (Å²) in [4.78, 5) is 0. The van der Waals surface area contributed by atoms with Crippen molar-refractivity contribution in [1.29, 1.82) is 0 Å². The van der Waals surface area contributed by atoms with E-state index in [-0.39, 0.29) is 17.3 Å². The molecule has 1 aromatic rings. The Morgan fingerprint density at radius 2 is 1.94 bits per heavy atom. The van der Waals surface area contributed by atoms with Crippen LogP contribution in [0.15, 0.2) is 22.7 Å². The minimum atomic E-state index is -0.194. The van der Waals surface area contributed by atoms with E-state index in [2.05, 4.69) is 22.9 Å². The van der Waals surface area contributed by atoms with Gasteiger partial charge in [0.25, 0.3) is 0 Å². The molecule has 0 amide bonds. The second-order valence-electron chi connectivity index (χ2n) is 5.80. The third-order valence-corrected chi connectivity index (χ3v) is 4.73. The maximum Gasteiger partial charge on any atom is 0.124 e. The van der Waals surface area contributed by atoms with Gasteiger partial charge in [0.2, 0.25) is 0 Å². The zero-order valence-electron chi connectivity index (χ0n) is 10.9. The Bertz CT molecular complexity index is 393. The van der Waals surface area contributed by atoms with Crippen molar-refractivity contribution in [2.45, 2.75) is 51.5 Å². The Morgan fingerprint density at radius 1 is 1.28 bits per heavy atom. The summed E-state index contributed by atoms with van der Waals surface area (Å²) >= 11 is 3.33. The molecule has 0 radical (unpaired) electrons. The number of halogens is 2. The molecule has 1 aliphatic carbocycles. The van der Waals surface area contributed by atoms with Crippen LogP contribution in [0.25, 0.3) is 0 Å². The standard InChI is InChI=1S/C15H21BrFN/c1-15(5-3-2-4-6-15)14(18)9-11-7-12(16)10-13(17)8-11/h7-8,10,14H,2-6,9,18H2,1H3. The van der Waals surface area contributed by atoms with Crippen molar-refractivity contribution >= 4 is 15.9 Å². The van der Waals surface area contributed by atoms with E-state index in [1.54, 1.807) is 6.07 Å². The van der Waals surface area contributed by atoms with Gasteiger partial charge in [0.05, 0.1) is 0 Å². The maximum absolute atomic E-state index is 13.3. The lowest BCUT2D eigenvalue weighted by Gasteiger charge is -2.39. The Balaban J connectivity index is 2.08. The average molecular weight is 314 g/mol. The lowest BCUT2D eigenvalue weighted by Crippen LogP contribution is -2.42. The third kappa shape index (κ3) is 3.33. The Kier molecular flexibility index (Phi) is 4.44. The molecule has 0 aliphatic heterocycles. The maximum atomic E-state index is 13.3. The van der Waals surface area contributed by atoms with Gasteiger partial charge >= 0.3 is 0 Å². The molecule has 0 aromatic heterocycles. The molecule has 18 heavy (non-hydrogen) atoms. The molecule has 1 saturated carbocycles. The Hall–Kier alpha value is -0.410. The molecular weight excluding hydrogens is 293 g/mol. The second-order valence-corrected chi connectivity index (χ2v) is 6.72. The van der Waals surface area contributed by atoms with E-state index in [0.29, 0.717) is 0 Å². The van der Waals surface area contributed by atoms with E-state index < -0.39 is 0 Å². The van der Waals surface area contributed by atoms with Gasteiger partial charge in [-0.15, -0.1) is 0 Å². The molecule has 1 nitrogen and oxygen atoms in total. The molecular formula is C15H21BrFN.